The molecule has 0 spiro atoms. The molecule has 4 heterocycles. The molecule has 0 aliphatic rings. The van der Waals surface area contributed by atoms with E-state index in [0.717, 1.165) is 18.6 Å². The highest BCUT2D eigenvalue weighted by atomic mass is 19.1. The molecule has 0 aromatic carbocycles. The van der Waals surface area contributed by atoms with Crippen LogP contribution in [0.2, 0.25) is 0 Å². The van der Waals surface area contributed by atoms with Crippen molar-refractivity contribution in [3.8, 4) is 17.0 Å². The van der Waals surface area contributed by atoms with E-state index in [9.17, 15) is 4.39 Å². The molecule has 8 heteroatoms. The van der Waals surface area contributed by atoms with E-state index in [-0.39, 0.29) is 5.69 Å². The SMILES string of the molecule is CCN(CC)c1n[nH]c2nc(-c3cnn4ccc(OC)cc34)c(F)cc12. The van der Waals surface area contributed by atoms with Crippen molar-refractivity contribution < 1.29 is 9.13 Å². The molecule has 0 amide bonds. The van der Waals surface area contributed by atoms with E-state index >= 15 is 0 Å². The summed E-state index contributed by atoms with van der Waals surface area (Å²) in [5.41, 5.74) is 2.10. The molecule has 0 aliphatic carbocycles. The Hall–Kier alpha value is -3.16. The second kappa shape index (κ2) is 6.29. The number of methoxy groups -OCH3 is 1. The molecule has 0 bridgehead atoms. The number of hydrogen-bond donors (Lipinski definition) is 1. The largest absolute Gasteiger partial charge is 0.497 e. The third-order valence-corrected chi connectivity index (χ3v) is 4.53. The van der Waals surface area contributed by atoms with Gasteiger partial charge >= 0.3 is 0 Å². The van der Waals surface area contributed by atoms with Crippen molar-refractivity contribution in [3.05, 3.63) is 36.4 Å². The third kappa shape index (κ3) is 2.45. The minimum Gasteiger partial charge on any atom is -0.497 e. The minimum absolute atomic E-state index is 0.232. The second-order valence-electron chi connectivity index (χ2n) is 5.89. The molecule has 0 unspecified atom stereocenters. The Labute approximate surface area is 149 Å². The Morgan fingerprint density at radius 3 is 2.81 bits per heavy atom. The van der Waals surface area contributed by atoms with Crippen molar-refractivity contribution in [2.75, 3.05) is 25.1 Å². The van der Waals surface area contributed by atoms with Crippen LogP contribution < -0.4 is 9.64 Å². The zero-order chi connectivity index (χ0) is 18.3. The molecule has 4 aromatic heterocycles. The number of nitrogens with zero attached hydrogens (tertiary/aromatic N) is 5. The van der Waals surface area contributed by atoms with Crippen molar-refractivity contribution >= 4 is 22.4 Å². The van der Waals surface area contributed by atoms with Crippen LogP contribution in [0, 0.1) is 5.82 Å². The van der Waals surface area contributed by atoms with Gasteiger partial charge in [-0.3, -0.25) is 5.10 Å². The van der Waals surface area contributed by atoms with E-state index in [2.05, 4.69) is 25.2 Å². The van der Waals surface area contributed by atoms with Crippen molar-refractivity contribution in [2.45, 2.75) is 13.8 Å². The fourth-order valence-electron chi connectivity index (χ4n) is 3.13. The summed E-state index contributed by atoms with van der Waals surface area (Å²) < 4.78 is 21.9. The first-order valence-corrected chi connectivity index (χ1v) is 8.47. The van der Waals surface area contributed by atoms with Crippen LogP contribution in [0.15, 0.2) is 30.6 Å². The minimum atomic E-state index is -0.412. The molecule has 134 valence electrons. The highest BCUT2D eigenvalue weighted by molar-refractivity contribution is 5.91. The maximum absolute atomic E-state index is 14.9. The molecule has 0 saturated carbocycles. The highest BCUT2D eigenvalue weighted by Crippen LogP contribution is 2.31. The van der Waals surface area contributed by atoms with Gasteiger partial charge in [-0.1, -0.05) is 0 Å². The first-order chi connectivity index (χ1) is 12.7. The van der Waals surface area contributed by atoms with E-state index in [1.54, 1.807) is 30.1 Å². The molecule has 1 N–H and O–H groups in total. The van der Waals surface area contributed by atoms with E-state index in [4.69, 9.17) is 4.74 Å². The van der Waals surface area contributed by atoms with Crippen molar-refractivity contribution in [3.63, 3.8) is 0 Å². The van der Waals surface area contributed by atoms with E-state index in [1.165, 1.54) is 6.07 Å². The first kappa shape index (κ1) is 16.3. The Morgan fingerprint density at radius 2 is 2.08 bits per heavy atom. The van der Waals surface area contributed by atoms with Crippen LogP contribution in [-0.2, 0) is 0 Å². The molecule has 7 nitrogen and oxygen atoms in total. The van der Waals surface area contributed by atoms with Crippen molar-refractivity contribution in [2.24, 2.45) is 0 Å². The first-order valence-electron chi connectivity index (χ1n) is 8.47. The van der Waals surface area contributed by atoms with Gasteiger partial charge in [0.25, 0.3) is 0 Å². The van der Waals surface area contributed by atoms with Crippen LogP contribution in [0.3, 0.4) is 0 Å². The average Bonchev–Trinajstić information content (AvgIpc) is 3.26. The van der Waals surface area contributed by atoms with E-state index < -0.39 is 5.82 Å². The van der Waals surface area contributed by atoms with Gasteiger partial charge in [-0.15, -0.1) is 0 Å². The number of fused-ring (bicyclic) bond motifs is 2. The van der Waals surface area contributed by atoms with Gasteiger partial charge in [0.15, 0.2) is 17.3 Å². The number of nitrogens with one attached hydrogen (secondary N) is 1. The maximum atomic E-state index is 14.9. The smallest absolute Gasteiger partial charge is 0.160 e. The molecule has 0 saturated heterocycles. The zero-order valence-corrected chi connectivity index (χ0v) is 14.8. The average molecular weight is 354 g/mol. The standard InChI is InChI=1S/C18H19FN6O/c1-4-24(5-2)18-12-9-14(19)16(21-17(12)22-23-18)13-10-20-25-7-6-11(26-3)8-15(13)25/h6-10H,4-5H2,1-3H3,(H,21,22,23). The van der Waals surface area contributed by atoms with Gasteiger partial charge in [0.2, 0.25) is 0 Å². The highest BCUT2D eigenvalue weighted by Gasteiger charge is 2.19. The summed E-state index contributed by atoms with van der Waals surface area (Å²) in [6.07, 6.45) is 3.37. The molecule has 4 aromatic rings. The summed E-state index contributed by atoms with van der Waals surface area (Å²) in [5.74, 6) is 0.973. The van der Waals surface area contributed by atoms with Crippen LogP contribution in [-0.4, -0.2) is 45.0 Å². The number of rotatable bonds is 5. The summed E-state index contributed by atoms with van der Waals surface area (Å²) in [6, 6.07) is 5.09. The van der Waals surface area contributed by atoms with Gasteiger partial charge in [-0.25, -0.2) is 13.9 Å². The molecule has 0 radical (unpaired) electrons. The zero-order valence-electron chi connectivity index (χ0n) is 14.8. The number of halogens is 1. The quantitative estimate of drug-likeness (QED) is 0.596. The summed E-state index contributed by atoms with van der Waals surface area (Å²) in [7, 11) is 1.59. The second-order valence-corrected chi connectivity index (χ2v) is 5.89. The predicted molar refractivity (Wildman–Crippen MR) is 98.1 cm³/mol. The lowest BCUT2D eigenvalue weighted by Crippen LogP contribution is -2.22. The molecule has 0 atom stereocenters. The number of H-pyrrole nitrogens is 1. The fraction of sp³-hybridized carbons (Fsp3) is 0.278. The van der Waals surface area contributed by atoms with Gasteiger partial charge in [-0.05, 0) is 26.0 Å². The summed E-state index contributed by atoms with van der Waals surface area (Å²) in [4.78, 5) is 6.54. The van der Waals surface area contributed by atoms with Crippen molar-refractivity contribution in [1.82, 2.24) is 24.8 Å². The van der Waals surface area contributed by atoms with Gasteiger partial charge in [0.05, 0.1) is 24.2 Å². The molecule has 0 aliphatic heterocycles. The fourth-order valence-corrected chi connectivity index (χ4v) is 3.13. The van der Waals surface area contributed by atoms with Crippen LogP contribution in [0.1, 0.15) is 13.8 Å². The number of hydrogen-bond acceptors (Lipinski definition) is 5. The number of aromatic amines is 1. The number of aromatic nitrogens is 5. The van der Waals surface area contributed by atoms with Gasteiger partial charge in [0, 0.05) is 30.9 Å². The number of ether oxygens (including phenoxy) is 1. The van der Waals surface area contributed by atoms with Crippen LogP contribution in [0.4, 0.5) is 10.2 Å². The lowest BCUT2D eigenvalue weighted by molar-refractivity contribution is 0.414. The topological polar surface area (TPSA) is 71.3 Å². The van der Waals surface area contributed by atoms with Gasteiger partial charge in [-0.2, -0.15) is 10.2 Å². The Balaban J connectivity index is 1.89. The Bertz CT molecular complexity index is 1080. The van der Waals surface area contributed by atoms with Crippen molar-refractivity contribution in [1.29, 1.82) is 0 Å². The molecule has 4 rings (SSSR count). The lowest BCUT2D eigenvalue weighted by atomic mass is 10.1. The predicted octanol–water partition coefficient (Wildman–Crippen LogP) is 3.27. The maximum Gasteiger partial charge on any atom is 0.160 e. The van der Waals surface area contributed by atoms with Gasteiger partial charge < -0.3 is 9.64 Å². The van der Waals surface area contributed by atoms with E-state index in [0.29, 0.717) is 28.2 Å². The molecule has 26 heavy (non-hydrogen) atoms. The summed E-state index contributed by atoms with van der Waals surface area (Å²) in [5, 5.41) is 12.2. The number of pyridine rings is 2. The van der Waals surface area contributed by atoms with E-state index in [1.807, 2.05) is 19.9 Å². The molecule has 0 fully saturated rings. The Morgan fingerprint density at radius 1 is 1.27 bits per heavy atom. The normalized spacial score (nSPS) is 11.4. The van der Waals surface area contributed by atoms with Crippen LogP contribution >= 0.6 is 0 Å². The summed E-state index contributed by atoms with van der Waals surface area (Å²) >= 11 is 0. The molecular weight excluding hydrogens is 335 g/mol. The van der Waals surface area contributed by atoms with Crippen LogP contribution in [0.25, 0.3) is 27.8 Å². The molecular formula is C18H19FN6O. The van der Waals surface area contributed by atoms with Crippen LogP contribution in [0.5, 0.6) is 5.75 Å². The monoisotopic (exact) mass is 354 g/mol. The van der Waals surface area contributed by atoms with Gasteiger partial charge in [0.1, 0.15) is 11.4 Å². The summed E-state index contributed by atoms with van der Waals surface area (Å²) in [6.45, 7) is 5.64. The Kier molecular flexibility index (Phi) is 3.95. The third-order valence-electron chi connectivity index (χ3n) is 4.53. The lowest BCUT2D eigenvalue weighted by Gasteiger charge is -2.17. The number of anilines is 1.